The number of aliphatic hydroxyl groups excluding tert-OH is 1. The van der Waals surface area contributed by atoms with Crippen LogP contribution in [0.5, 0.6) is 0 Å². The van der Waals surface area contributed by atoms with E-state index >= 15 is 0 Å². The summed E-state index contributed by atoms with van der Waals surface area (Å²) >= 11 is 1.77. The molecule has 2 aromatic carbocycles. The van der Waals surface area contributed by atoms with Gasteiger partial charge in [-0.25, -0.2) is 0 Å². The molecule has 0 saturated carbocycles. The average Bonchev–Trinajstić information content (AvgIpc) is 2.42. The third kappa shape index (κ3) is 4.71. The molecule has 3 heteroatoms. The number of hydrogen-bond donors (Lipinski definition) is 1. The van der Waals surface area contributed by atoms with Gasteiger partial charge in [0.1, 0.15) is 0 Å². The van der Waals surface area contributed by atoms with Crippen LogP contribution in [0.3, 0.4) is 0 Å². The van der Waals surface area contributed by atoms with Gasteiger partial charge >= 0.3 is 0 Å². The van der Waals surface area contributed by atoms with Crippen molar-refractivity contribution in [2.75, 3.05) is 20.2 Å². The van der Waals surface area contributed by atoms with Gasteiger partial charge in [-0.15, -0.1) is 0 Å². The second kappa shape index (κ2) is 7.34. The number of benzene rings is 2. The van der Waals surface area contributed by atoms with E-state index in [4.69, 9.17) is 5.11 Å². The van der Waals surface area contributed by atoms with Gasteiger partial charge in [0.2, 0.25) is 0 Å². The molecule has 0 bridgehead atoms. The Kier molecular flexibility index (Phi) is 5.45. The first kappa shape index (κ1) is 14.1. The number of hydrogen-bond acceptors (Lipinski definition) is 3. The highest BCUT2D eigenvalue weighted by molar-refractivity contribution is 7.99. The van der Waals surface area contributed by atoms with Crippen LogP contribution in [0.1, 0.15) is 5.56 Å². The number of rotatable bonds is 6. The molecule has 0 heterocycles. The van der Waals surface area contributed by atoms with Gasteiger partial charge in [0, 0.05) is 22.9 Å². The zero-order valence-electron chi connectivity index (χ0n) is 11.1. The second-order valence-corrected chi connectivity index (χ2v) is 5.67. The Labute approximate surface area is 119 Å². The maximum Gasteiger partial charge on any atom is 0.0558 e. The molecule has 100 valence electrons. The van der Waals surface area contributed by atoms with Gasteiger partial charge in [-0.05, 0) is 36.9 Å². The van der Waals surface area contributed by atoms with Gasteiger partial charge < -0.3 is 5.11 Å². The normalized spacial score (nSPS) is 10.9. The predicted molar refractivity (Wildman–Crippen MR) is 80.4 cm³/mol. The van der Waals surface area contributed by atoms with Gasteiger partial charge in [0.15, 0.2) is 0 Å². The summed E-state index contributed by atoms with van der Waals surface area (Å²) in [6.45, 7) is 1.79. The van der Waals surface area contributed by atoms with E-state index in [0.717, 1.165) is 6.54 Å². The minimum atomic E-state index is 0.207. The van der Waals surface area contributed by atoms with Gasteiger partial charge in [-0.3, -0.25) is 4.90 Å². The lowest BCUT2D eigenvalue weighted by Gasteiger charge is -2.15. The molecule has 0 atom stereocenters. The van der Waals surface area contributed by atoms with E-state index in [2.05, 4.69) is 53.4 Å². The highest BCUT2D eigenvalue weighted by Gasteiger charge is 2.01. The molecule has 0 spiro atoms. The predicted octanol–water partition coefficient (Wildman–Crippen LogP) is 3.26. The summed E-state index contributed by atoms with van der Waals surface area (Å²) < 4.78 is 0. The molecular formula is C16H19NOS. The molecule has 0 fully saturated rings. The van der Waals surface area contributed by atoms with Crippen LogP contribution in [0, 0.1) is 0 Å². The SMILES string of the molecule is CN(CCO)Cc1ccc(Sc2ccccc2)cc1. The molecular weight excluding hydrogens is 254 g/mol. The minimum absolute atomic E-state index is 0.207. The molecule has 2 rings (SSSR count). The fourth-order valence-electron chi connectivity index (χ4n) is 1.85. The van der Waals surface area contributed by atoms with Crippen molar-refractivity contribution in [3.05, 3.63) is 60.2 Å². The molecule has 2 nitrogen and oxygen atoms in total. The Morgan fingerprint density at radius 2 is 1.58 bits per heavy atom. The van der Waals surface area contributed by atoms with Crippen LogP contribution in [0.25, 0.3) is 0 Å². The Morgan fingerprint density at radius 1 is 0.947 bits per heavy atom. The van der Waals surface area contributed by atoms with E-state index in [9.17, 15) is 0 Å². The highest BCUT2D eigenvalue weighted by Crippen LogP contribution is 2.27. The fraction of sp³-hybridized carbons (Fsp3) is 0.250. The van der Waals surface area contributed by atoms with E-state index in [-0.39, 0.29) is 6.61 Å². The van der Waals surface area contributed by atoms with Crippen molar-refractivity contribution in [3.63, 3.8) is 0 Å². The lowest BCUT2D eigenvalue weighted by atomic mass is 10.2. The van der Waals surface area contributed by atoms with Crippen LogP contribution in [-0.2, 0) is 6.54 Å². The van der Waals surface area contributed by atoms with Gasteiger partial charge in [-0.2, -0.15) is 0 Å². The van der Waals surface area contributed by atoms with E-state index in [1.165, 1.54) is 15.4 Å². The maximum absolute atomic E-state index is 8.88. The lowest BCUT2D eigenvalue weighted by molar-refractivity contribution is 0.217. The van der Waals surface area contributed by atoms with Crippen molar-refractivity contribution in [1.82, 2.24) is 4.90 Å². The van der Waals surface area contributed by atoms with Gasteiger partial charge in [0.25, 0.3) is 0 Å². The molecule has 0 aliphatic heterocycles. The summed E-state index contributed by atoms with van der Waals surface area (Å²) in [5.41, 5.74) is 1.27. The summed E-state index contributed by atoms with van der Waals surface area (Å²) in [5, 5.41) is 8.88. The van der Waals surface area contributed by atoms with Crippen molar-refractivity contribution in [3.8, 4) is 0 Å². The van der Waals surface area contributed by atoms with Gasteiger partial charge in [0.05, 0.1) is 6.61 Å². The first-order valence-corrected chi connectivity index (χ1v) is 7.21. The Hall–Kier alpha value is -1.29. The van der Waals surface area contributed by atoms with Crippen LogP contribution < -0.4 is 0 Å². The summed E-state index contributed by atoms with van der Waals surface area (Å²) in [7, 11) is 2.02. The van der Waals surface area contributed by atoms with Crippen molar-refractivity contribution in [2.24, 2.45) is 0 Å². The average molecular weight is 273 g/mol. The lowest BCUT2D eigenvalue weighted by Crippen LogP contribution is -2.21. The van der Waals surface area contributed by atoms with E-state index in [0.29, 0.717) is 6.54 Å². The third-order valence-corrected chi connectivity index (χ3v) is 3.85. The van der Waals surface area contributed by atoms with E-state index in [1.54, 1.807) is 11.8 Å². The Morgan fingerprint density at radius 3 is 2.21 bits per heavy atom. The Bertz CT molecular complexity index is 484. The number of nitrogens with zero attached hydrogens (tertiary/aromatic N) is 1. The molecule has 19 heavy (non-hydrogen) atoms. The summed E-state index contributed by atoms with van der Waals surface area (Å²) in [6.07, 6.45) is 0. The van der Waals surface area contributed by atoms with Crippen LogP contribution in [0.4, 0.5) is 0 Å². The smallest absolute Gasteiger partial charge is 0.0558 e. The second-order valence-electron chi connectivity index (χ2n) is 4.52. The molecule has 0 aliphatic rings. The zero-order chi connectivity index (χ0) is 13.5. The largest absolute Gasteiger partial charge is 0.395 e. The van der Waals surface area contributed by atoms with Crippen LogP contribution in [-0.4, -0.2) is 30.2 Å². The number of aliphatic hydroxyl groups is 1. The molecule has 0 radical (unpaired) electrons. The monoisotopic (exact) mass is 273 g/mol. The van der Waals surface area contributed by atoms with Crippen LogP contribution in [0.15, 0.2) is 64.4 Å². The minimum Gasteiger partial charge on any atom is -0.395 e. The quantitative estimate of drug-likeness (QED) is 0.874. The van der Waals surface area contributed by atoms with E-state index < -0.39 is 0 Å². The molecule has 0 aliphatic carbocycles. The summed E-state index contributed by atoms with van der Waals surface area (Å²) in [4.78, 5) is 4.62. The number of likely N-dealkylation sites (N-methyl/N-ethyl adjacent to an activating group) is 1. The van der Waals surface area contributed by atoms with Crippen molar-refractivity contribution >= 4 is 11.8 Å². The van der Waals surface area contributed by atoms with Gasteiger partial charge in [-0.1, -0.05) is 42.1 Å². The molecule has 2 aromatic rings. The third-order valence-electron chi connectivity index (χ3n) is 2.84. The maximum atomic E-state index is 8.88. The zero-order valence-corrected chi connectivity index (χ0v) is 11.9. The van der Waals surface area contributed by atoms with Crippen molar-refractivity contribution in [2.45, 2.75) is 16.3 Å². The summed E-state index contributed by atoms with van der Waals surface area (Å²) in [6, 6.07) is 19.0. The standard InChI is InChI=1S/C16H19NOS/c1-17(11-12-18)13-14-7-9-16(10-8-14)19-15-5-3-2-4-6-15/h2-10,18H,11-13H2,1H3. The molecule has 0 aromatic heterocycles. The van der Waals surface area contributed by atoms with Crippen molar-refractivity contribution in [1.29, 1.82) is 0 Å². The van der Waals surface area contributed by atoms with Crippen LogP contribution in [0.2, 0.25) is 0 Å². The molecule has 0 amide bonds. The first-order chi connectivity index (χ1) is 9.28. The molecule has 0 saturated heterocycles. The highest BCUT2D eigenvalue weighted by atomic mass is 32.2. The Balaban J connectivity index is 1.95. The fourth-order valence-corrected chi connectivity index (χ4v) is 2.69. The topological polar surface area (TPSA) is 23.5 Å². The van der Waals surface area contributed by atoms with E-state index in [1.807, 2.05) is 13.1 Å². The summed E-state index contributed by atoms with van der Waals surface area (Å²) in [5.74, 6) is 0. The van der Waals surface area contributed by atoms with Crippen LogP contribution >= 0.6 is 11.8 Å². The molecule has 0 unspecified atom stereocenters. The first-order valence-electron chi connectivity index (χ1n) is 6.39. The van der Waals surface area contributed by atoms with Crippen molar-refractivity contribution < 1.29 is 5.11 Å². The molecule has 1 N–H and O–H groups in total.